The molecule has 7 heteroatoms. The summed E-state index contributed by atoms with van der Waals surface area (Å²) in [6.07, 6.45) is 1.57. The highest BCUT2D eigenvalue weighted by Crippen LogP contribution is 2.32. The summed E-state index contributed by atoms with van der Waals surface area (Å²) in [6.45, 7) is 4.02. The molecule has 3 aromatic carbocycles. The number of aryl methyl sites for hydroxylation is 1. The standard InChI is InChI=1S/C28H22BrN3O3/c1-17-14-20(18(2)32(17)25-13-12-24(29)21-10-6-7-11-22(21)25)15-23-26(33)30-28(35)31(27(23)34)16-19-8-4-3-5-9-19/h3-15H,16H2,1-2H3,(H,30,33,35)/b23-15+. The molecule has 0 spiro atoms. The number of hydrogen-bond donors (Lipinski definition) is 1. The Kier molecular flexibility index (Phi) is 5.86. The quantitative estimate of drug-likeness (QED) is 0.274. The van der Waals surface area contributed by atoms with Gasteiger partial charge < -0.3 is 4.57 Å². The fraction of sp³-hybridized carbons (Fsp3) is 0.107. The van der Waals surface area contributed by atoms with Gasteiger partial charge in [-0.2, -0.15) is 0 Å². The Hall–Kier alpha value is -3.97. The molecule has 0 aliphatic carbocycles. The zero-order chi connectivity index (χ0) is 24.7. The van der Waals surface area contributed by atoms with E-state index in [1.165, 1.54) is 0 Å². The van der Waals surface area contributed by atoms with Crippen molar-refractivity contribution in [3.8, 4) is 5.69 Å². The minimum absolute atomic E-state index is 0.0681. The summed E-state index contributed by atoms with van der Waals surface area (Å²) in [5.74, 6) is -1.30. The van der Waals surface area contributed by atoms with Crippen molar-refractivity contribution in [3.63, 3.8) is 0 Å². The first-order valence-corrected chi connectivity index (χ1v) is 11.9. The predicted molar refractivity (Wildman–Crippen MR) is 139 cm³/mol. The Morgan fingerprint density at radius 1 is 0.886 bits per heavy atom. The van der Waals surface area contributed by atoms with Crippen LogP contribution in [0.2, 0.25) is 0 Å². The molecule has 2 heterocycles. The van der Waals surface area contributed by atoms with Crippen LogP contribution in [0.25, 0.3) is 22.5 Å². The van der Waals surface area contributed by atoms with E-state index in [0.717, 1.165) is 48.3 Å². The number of barbiturate groups is 1. The first kappa shape index (κ1) is 22.8. The SMILES string of the molecule is Cc1cc(/C=C2\C(=O)NC(=O)N(Cc3ccccc3)C2=O)c(C)n1-c1ccc(Br)c2ccccc12. The number of imide groups is 2. The van der Waals surface area contributed by atoms with Crippen LogP contribution in [0.1, 0.15) is 22.5 Å². The molecule has 6 nitrogen and oxygen atoms in total. The third-order valence-corrected chi connectivity index (χ3v) is 6.92. The number of hydrogen-bond acceptors (Lipinski definition) is 3. The molecule has 1 fully saturated rings. The van der Waals surface area contributed by atoms with Crippen molar-refractivity contribution in [1.29, 1.82) is 0 Å². The second kappa shape index (κ2) is 9.00. The topological polar surface area (TPSA) is 71.4 Å². The Balaban J connectivity index is 1.56. The van der Waals surface area contributed by atoms with Gasteiger partial charge >= 0.3 is 6.03 Å². The maximum absolute atomic E-state index is 13.2. The molecule has 1 aliphatic rings. The van der Waals surface area contributed by atoms with Gasteiger partial charge in [0.2, 0.25) is 0 Å². The molecule has 1 saturated heterocycles. The van der Waals surface area contributed by atoms with Gasteiger partial charge in [-0.15, -0.1) is 0 Å². The number of aromatic nitrogens is 1. The van der Waals surface area contributed by atoms with Gasteiger partial charge in [-0.25, -0.2) is 4.79 Å². The Morgan fingerprint density at radius 2 is 1.57 bits per heavy atom. The lowest BCUT2D eigenvalue weighted by molar-refractivity contribution is -0.130. The highest BCUT2D eigenvalue weighted by atomic mass is 79.9. The Morgan fingerprint density at radius 3 is 2.31 bits per heavy atom. The number of carbonyl (C=O) groups is 3. The Bertz CT molecular complexity index is 1540. The first-order chi connectivity index (χ1) is 16.8. The van der Waals surface area contributed by atoms with E-state index >= 15 is 0 Å². The number of nitrogens with zero attached hydrogens (tertiary/aromatic N) is 2. The lowest BCUT2D eigenvalue weighted by Crippen LogP contribution is -2.53. The lowest BCUT2D eigenvalue weighted by atomic mass is 10.1. The van der Waals surface area contributed by atoms with Crippen molar-refractivity contribution >= 4 is 50.6 Å². The number of fused-ring (bicyclic) bond motifs is 1. The normalized spacial score (nSPS) is 15.2. The van der Waals surface area contributed by atoms with Crippen LogP contribution in [0.3, 0.4) is 0 Å². The van der Waals surface area contributed by atoms with E-state index in [0.29, 0.717) is 0 Å². The highest BCUT2D eigenvalue weighted by Gasteiger charge is 2.36. The number of halogens is 1. The van der Waals surface area contributed by atoms with Gasteiger partial charge in [0, 0.05) is 21.2 Å². The molecule has 0 unspecified atom stereocenters. The summed E-state index contributed by atoms with van der Waals surface area (Å²) in [6, 6.07) is 22.6. The molecule has 0 bridgehead atoms. The van der Waals surface area contributed by atoms with Crippen molar-refractivity contribution < 1.29 is 14.4 Å². The molecular formula is C28H22BrN3O3. The first-order valence-electron chi connectivity index (χ1n) is 11.1. The minimum Gasteiger partial charge on any atom is -0.317 e. The summed E-state index contributed by atoms with van der Waals surface area (Å²) in [5.41, 5.74) is 4.31. The molecule has 5 rings (SSSR count). The summed E-state index contributed by atoms with van der Waals surface area (Å²) >= 11 is 3.63. The van der Waals surface area contributed by atoms with Gasteiger partial charge in [-0.3, -0.25) is 19.8 Å². The predicted octanol–water partition coefficient (Wildman–Crippen LogP) is 5.67. The van der Waals surface area contributed by atoms with Gasteiger partial charge in [-0.1, -0.05) is 70.5 Å². The summed E-state index contributed by atoms with van der Waals surface area (Å²) in [5, 5.41) is 4.47. The molecule has 1 aliphatic heterocycles. The van der Waals surface area contributed by atoms with E-state index < -0.39 is 17.8 Å². The fourth-order valence-electron chi connectivity index (χ4n) is 4.50. The second-order valence-corrected chi connectivity index (χ2v) is 9.32. The monoisotopic (exact) mass is 527 g/mol. The van der Waals surface area contributed by atoms with E-state index in [4.69, 9.17) is 0 Å². The maximum Gasteiger partial charge on any atom is 0.331 e. The molecule has 1 N–H and O–H groups in total. The Labute approximate surface area is 211 Å². The van der Waals surface area contributed by atoms with Crippen molar-refractivity contribution in [3.05, 3.63) is 105 Å². The van der Waals surface area contributed by atoms with Crippen LogP contribution in [0.15, 0.2) is 82.8 Å². The van der Waals surface area contributed by atoms with Gasteiger partial charge in [-0.05, 0) is 54.6 Å². The highest BCUT2D eigenvalue weighted by molar-refractivity contribution is 9.10. The van der Waals surface area contributed by atoms with Crippen molar-refractivity contribution in [2.45, 2.75) is 20.4 Å². The molecule has 4 amide bonds. The van der Waals surface area contributed by atoms with Crippen LogP contribution in [0.4, 0.5) is 4.79 Å². The third kappa shape index (κ3) is 4.08. The summed E-state index contributed by atoms with van der Waals surface area (Å²) in [7, 11) is 0. The van der Waals surface area contributed by atoms with Gasteiger partial charge in [0.15, 0.2) is 0 Å². The largest absolute Gasteiger partial charge is 0.331 e. The number of amides is 4. The average molecular weight is 528 g/mol. The van der Waals surface area contributed by atoms with Crippen molar-refractivity contribution in [1.82, 2.24) is 14.8 Å². The molecule has 0 radical (unpaired) electrons. The van der Waals surface area contributed by atoms with Gasteiger partial charge in [0.05, 0.1) is 12.2 Å². The lowest BCUT2D eigenvalue weighted by Gasteiger charge is -2.26. The number of rotatable bonds is 4. The van der Waals surface area contributed by atoms with E-state index in [1.807, 2.05) is 74.5 Å². The fourth-order valence-corrected chi connectivity index (χ4v) is 4.98. The van der Waals surface area contributed by atoms with Gasteiger partial charge in [0.25, 0.3) is 11.8 Å². The molecule has 35 heavy (non-hydrogen) atoms. The molecule has 0 saturated carbocycles. The molecular weight excluding hydrogens is 506 g/mol. The van der Waals surface area contributed by atoms with Gasteiger partial charge in [0.1, 0.15) is 5.57 Å². The maximum atomic E-state index is 13.2. The number of carbonyl (C=O) groups excluding carboxylic acids is 3. The van der Waals surface area contributed by atoms with E-state index in [1.54, 1.807) is 6.08 Å². The van der Waals surface area contributed by atoms with E-state index in [2.05, 4.69) is 37.9 Å². The van der Waals surface area contributed by atoms with E-state index in [9.17, 15) is 14.4 Å². The average Bonchev–Trinajstić information content (AvgIpc) is 3.13. The zero-order valence-corrected chi connectivity index (χ0v) is 20.8. The van der Waals surface area contributed by atoms with Crippen LogP contribution in [-0.4, -0.2) is 27.3 Å². The van der Waals surface area contributed by atoms with Crippen LogP contribution in [-0.2, 0) is 16.1 Å². The molecule has 4 aromatic rings. The van der Waals surface area contributed by atoms with Crippen LogP contribution in [0.5, 0.6) is 0 Å². The zero-order valence-electron chi connectivity index (χ0n) is 19.2. The third-order valence-electron chi connectivity index (χ3n) is 6.23. The minimum atomic E-state index is -0.715. The second-order valence-electron chi connectivity index (χ2n) is 8.47. The molecule has 0 atom stereocenters. The van der Waals surface area contributed by atoms with Crippen LogP contribution >= 0.6 is 15.9 Å². The molecule has 1 aromatic heterocycles. The van der Waals surface area contributed by atoms with Crippen molar-refractivity contribution in [2.24, 2.45) is 0 Å². The van der Waals surface area contributed by atoms with Crippen LogP contribution in [0, 0.1) is 13.8 Å². The van der Waals surface area contributed by atoms with Crippen LogP contribution < -0.4 is 5.32 Å². The summed E-state index contributed by atoms with van der Waals surface area (Å²) in [4.78, 5) is 39.3. The number of benzene rings is 3. The number of nitrogens with one attached hydrogen (secondary N) is 1. The summed E-state index contributed by atoms with van der Waals surface area (Å²) < 4.78 is 3.12. The number of urea groups is 1. The molecule has 174 valence electrons. The van der Waals surface area contributed by atoms with E-state index in [-0.39, 0.29) is 12.1 Å². The smallest absolute Gasteiger partial charge is 0.317 e. The van der Waals surface area contributed by atoms with Crippen molar-refractivity contribution in [2.75, 3.05) is 0 Å².